The normalized spacial score (nSPS) is 10.8. The zero-order chi connectivity index (χ0) is 19.7. The molecular weight excluding hydrogens is 341 g/mol. The van der Waals surface area contributed by atoms with Gasteiger partial charge in [-0.05, 0) is 45.4 Å². The molecule has 0 unspecified atom stereocenters. The van der Waals surface area contributed by atoms with Crippen LogP contribution in [0.2, 0.25) is 0 Å². The summed E-state index contributed by atoms with van der Waals surface area (Å²) in [7, 11) is 1.51. The Labute approximate surface area is 152 Å². The fraction of sp³-hybridized carbons (Fsp3) is 0.500. The van der Waals surface area contributed by atoms with E-state index in [-0.39, 0.29) is 18.9 Å². The first-order valence-electron chi connectivity index (χ1n) is 8.33. The van der Waals surface area contributed by atoms with Crippen molar-refractivity contribution in [1.82, 2.24) is 10.2 Å². The van der Waals surface area contributed by atoms with Crippen molar-refractivity contribution in [3.63, 3.8) is 0 Å². The van der Waals surface area contributed by atoms with Crippen molar-refractivity contribution in [2.24, 2.45) is 0 Å². The first-order valence-corrected chi connectivity index (χ1v) is 8.33. The Morgan fingerprint density at radius 3 is 2.54 bits per heavy atom. The Morgan fingerprint density at radius 1 is 1.23 bits per heavy atom. The summed E-state index contributed by atoms with van der Waals surface area (Å²) in [6.07, 6.45) is 0.0702. The van der Waals surface area contributed by atoms with E-state index in [9.17, 15) is 18.8 Å². The summed E-state index contributed by atoms with van der Waals surface area (Å²) in [6, 6.07) is 5.52. The fourth-order valence-corrected chi connectivity index (χ4v) is 2.01. The van der Waals surface area contributed by atoms with E-state index < -0.39 is 23.4 Å². The third-order valence-electron chi connectivity index (χ3n) is 3.15. The van der Waals surface area contributed by atoms with Gasteiger partial charge in [-0.15, -0.1) is 0 Å². The van der Waals surface area contributed by atoms with Crippen molar-refractivity contribution in [3.8, 4) is 0 Å². The van der Waals surface area contributed by atoms with Crippen LogP contribution in [0, 0.1) is 5.82 Å². The molecule has 1 aromatic carbocycles. The molecule has 1 aromatic rings. The molecule has 144 valence electrons. The Morgan fingerprint density at radius 2 is 1.92 bits per heavy atom. The number of likely N-dealkylation sites (N-methyl/N-ethyl adjacent to an activating group) is 1. The van der Waals surface area contributed by atoms with E-state index in [1.165, 1.54) is 30.1 Å². The standard InChI is InChI=1S/C18H26FN3O4/c1-18(2,3)26-17(25)20-10-6-9-16(24)22(4)12-15(23)21-14-8-5-7-13(19)11-14/h5,7-8,11H,6,9-10,12H2,1-4H3,(H,20,25)(H,21,23). The minimum atomic E-state index is -0.574. The molecular formula is C18H26FN3O4. The first-order chi connectivity index (χ1) is 12.1. The molecule has 26 heavy (non-hydrogen) atoms. The molecule has 7 nitrogen and oxygen atoms in total. The van der Waals surface area contributed by atoms with E-state index in [4.69, 9.17) is 4.74 Å². The SMILES string of the molecule is CN(CC(=O)Nc1cccc(F)c1)C(=O)CCCNC(=O)OC(C)(C)C. The number of amides is 3. The molecule has 0 aliphatic rings. The minimum absolute atomic E-state index is 0.144. The number of nitrogens with one attached hydrogen (secondary N) is 2. The molecule has 0 aromatic heterocycles. The monoisotopic (exact) mass is 367 g/mol. The van der Waals surface area contributed by atoms with Crippen molar-refractivity contribution >= 4 is 23.6 Å². The van der Waals surface area contributed by atoms with Crippen molar-refractivity contribution in [2.45, 2.75) is 39.2 Å². The smallest absolute Gasteiger partial charge is 0.407 e. The molecule has 0 atom stereocenters. The van der Waals surface area contributed by atoms with Gasteiger partial charge in [0.05, 0.1) is 6.54 Å². The van der Waals surface area contributed by atoms with Crippen LogP contribution in [0.25, 0.3) is 0 Å². The van der Waals surface area contributed by atoms with Gasteiger partial charge in [-0.25, -0.2) is 9.18 Å². The molecule has 0 aliphatic carbocycles. The van der Waals surface area contributed by atoms with E-state index in [0.29, 0.717) is 18.7 Å². The van der Waals surface area contributed by atoms with Gasteiger partial charge in [0.2, 0.25) is 11.8 Å². The van der Waals surface area contributed by atoms with Crippen molar-refractivity contribution in [1.29, 1.82) is 0 Å². The number of halogens is 1. The molecule has 3 amide bonds. The summed E-state index contributed by atoms with van der Waals surface area (Å²) < 4.78 is 18.2. The highest BCUT2D eigenvalue weighted by Gasteiger charge is 2.16. The highest BCUT2D eigenvalue weighted by Crippen LogP contribution is 2.09. The van der Waals surface area contributed by atoms with Crippen LogP contribution in [0.15, 0.2) is 24.3 Å². The van der Waals surface area contributed by atoms with Gasteiger partial charge in [-0.3, -0.25) is 9.59 Å². The Kier molecular flexibility index (Phi) is 8.02. The third kappa shape index (κ3) is 9.00. The van der Waals surface area contributed by atoms with Gasteiger partial charge >= 0.3 is 6.09 Å². The summed E-state index contributed by atoms with van der Waals surface area (Å²) in [5.74, 6) is -1.10. The summed E-state index contributed by atoms with van der Waals surface area (Å²) in [6.45, 7) is 5.44. The number of carbonyl (C=O) groups is 3. The van der Waals surface area contributed by atoms with Gasteiger partial charge in [0.25, 0.3) is 0 Å². The number of hydrogen-bond donors (Lipinski definition) is 2. The predicted molar refractivity (Wildman–Crippen MR) is 96.1 cm³/mol. The number of carbonyl (C=O) groups excluding carboxylic acids is 3. The van der Waals surface area contributed by atoms with Gasteiger partial charge in [0.15, 0.2) is 0 Å². The van der Waals surface area contributed by atoms with Crippen LogP contribution < -0.4 is 10.6 Å². The topological polar surface area (TPSA) is 87.7 Å². The second-order valence-corrected chi connectivity index (χ2v) is 6.84. The quantitative estimate of drug-likeness (QED) is 0.725. The summed E-state index contributed by atoms with van der Waals surface area (Å²) in [5.41, 5.74) is -0.243. The van der Waals surface area contributed by atoms with Crippen LogP contribution >= 0.6 is 0 Å². The molecule has 1 rings (SSSR count). The van der Waals surface area contributed by atoms with Gasteiger partial charge in [-0.2, -0.15) is 0 Å². The number of benzene rings is 1. The fourth-order valence-electron chi connectivity index (χ4n) is 2.01. The number of rotatable bonds is 7. The lowest BCUT2D eigenvalue weighted by atomic mass is 10.2. The maximum atomic E-state index is 13.1. The third-order valence-corrected chi connectivity index (χ3v) is 3.15. The molecule has 8 heteroatoms. The number of anilines is 1. The lowest BCUT2D eigenvalue weighted by Gasteiger charge is -2.20. The maximum absolute atomic E-state index is 13.1. The van der Waals surface area contributed by atoms with E-state index in [0.717, 1.165) is 0 Å². The zero-order valence-corrected chi connectivity index (χ0v) is 15.6. The molecule has 2 N–H and O–H groups in total. The number of ether oxygens (including phenoxy) is 1. The average molecular weight is 367 g/mol. The molecule has 0 saturated carbocycles. The molecule has 0 saturated heterocycles. The molecule has 0 spiro atoms. The van der Waals surface area contributed by atoms with Crippen molar-refractivity contribution in [3.05, 3.63) is 30.1 Å². The molecule has 0 heterocycles. The second kappa shape index (κ2) is 9.74. The van der Waals surface area contributed by atoms with Crippen molar-refractivity contribution in [2.75, 3.05) is 25.5 Å². The molecule has 0 bridgehead atoms. The second-order valence-electron chi connectivity index (χ2n) is 6.84. The molecule has 0 aliphatic heterocycles. The summed E-state index contributed by atoms with van der Waals surface area (Å²) in [5, 5.41) is 5.09. The van der Waals surface area contributed by atoms with Gasteiger partial charge < -0.3 is 20.3 Å². The van der Waals surface area contributed by atoms with Crippen LogP contribution in [-0.4, -0.2) is 48.5 Å². The minimum Gasteiger partial charge on any atom is -0.444 e. The van der Waals surface area contributed by atoms with E-state index in [1.54, 1.807) is 26.8 Å². The van der Waals surface area contributed by atoms with E-state index >= 15 is 0 Å². The Balaban J connectivity index is 2.28. The van der Waals surface area contributed by atoms with Crippen molar-refractivity contribution < 1.29 is 23.5 Å². The van der Waals surface area contributed by atoms with Crippen LogP contribution in [0.3, 0.4) is 0 Å². The van der Waals surface area contributed by atoms with E-state index in [2.05, 4.69) is 10.6 Å². The first kappa shape index (κ1) is 21.4. The lowest BCUT2D eigenvalue weighted by molar-refractivity contribution is -0.133. The Bertz CT molecular complexity index is 644. The van der Waals surface area contributed by atoms with Crippen LogP contribution in [0.5, 0.6) is 0 Å². The van der Waals surface area contributed by atoms with Gasteiger partial charge in [0, 0.05) is 25.7 Å². The zero-order valence-electron chi connectivity index (χ0n) is 15.6. The maximum Gasteiger partial charge on any atom is 0.407 e. The number of hydrogen-bond acceptors (Lipinski definition) is 4. The van der Waals surface area contributed by atoms with Gasteiger partial charge in [0.1, 0.15) is 11.4 Å². The van der Waals surface area contributed by atoms with Crippen LogP contribution in [-0.2, 0) is 14.3 Å². The number of alkyl carbamates (subject to hydrolysis) is 1. The molecule has 0 fully saturated rings. The Hall–Kier alpha value is -2.64. The van der Waals surface area contributed by atoms with E-state index in [1.807, 2.05) is 0 Å². The molecule has 0 radical (unpaired) electrons. The average Bonchev–Trinajstić information content (AvgIpc) is 2.49. The number of nitrogens with zero attached hydrogens (tertiary/aromatic N) is 1. The van der Waals surface area contributed by atoms with Crippen LogP contribution in [0.1, 0.15) is 33.6 Å². The summed E-state index contributed by atoms with van der Waals surface area (Å²) >= 11 is 0. The van der Waals surface area contributed by atoms with Crippen LogP contribution in [0.4, 0.5) is 14.9 Å². The van der Waals surface area contributed by atoms with Gasteiger partial charge in [-0.1, -0.05) is 6.07 Å². The lowest BCUT2D eigenvalue weighted by Crippen LogP contribution is -2.36. The largest absolute Gasteiger partial charge is 0.444 e. The predicted octanol–water partition coefficient (Wildman–Crippen LogP) is 2.53. The summed E-state index contributed by atoms with van der Waals surface area (Å²) in [4.78, 5) is 36.6. The highest BCUT2D eigenvalue weighted by atomic mass is 19.1. The highest BCUT2D eigenvalue weighted by molar-refractivity contribution is 5.94.